The van der Waals surface area contributed by atoms with E-state index in [-0.39, 0.29) is 12.5 Å². The number of aromatic nitrogens is 2. The molecule has 2 heterocycles. The van der Waals surface area contributed by atoms with Gasteiger partial charge in [-0.3, -0.25) is 9.80 Å². The number of benzene rings is 2. The number of carbonyl (C=O) groups is 1. The van der Waals surface area contributed by atoms with Gasteiger partial charge in [0.1, 0.15) is 5.71 Å². The number of nitrogens with zero attached hydrogens (tertiary/aromatic N) is 4. The number of unbranched alkanes of at least 4 members (excludes halogenated alkanes) is 1. The average molecular weight is 404 g/mol. The van der Waals surface area contributed by atoms with Gasteiger partial charge in [0.15, 0.2) is 0 Å². The van der Waals surface area contributed by atoms with Crippen molar-refractivity contribution in [3.8, 4) is 11.4 Å². The first-order valence-corrected chi connectivity index (χ1v) is 10.1. The quantitative estimate of drug-likeness (QED) is 0.562. The Bertz CT molecular complexity index is 1030. The van der Waals surface area contributed by atoms with Crippen molar-refractivity contribution in [2.45, 2.75) is 38.1 Å². The molecule has 1 atom stereocenters. The summed E-state index contributed by atoms with van der Waals surface area (Å²) in [5.74, 6) is 0.246. The van der Waals surface area contributed by atoms with E-state index in [0.717, 1.165) is 30.5 Å². The van der Waals surface area contributed by atoms with Crippen LogP contribution in [0.1, 0.15) is 48.7 Å². The van der Waals surface area contributed by atoms with Crippen LogP contribution in [0.25, 0.3) is 11.4 Å². The predicted octanol–water partition coefficient (Wildman–Crippen LogP) is 4.31. The Balaban J connectivity index is 1.39. The van der Waals surface area contributed by atoms with E-state index in [4.69, 9.17) is 9.63 Å². The number of hydrogen-bond acceptors (Lipinski definition) is 6. The fraction of sp³-hybridized carbons (Fsp3) is 0.304. The molecule has 0 amide bonds. The maximum absolute atomic E-state index is 10.6. The minimum Gasteiger partial charge on any atom is -0.481 e. The van der Waals surface area contributed by atoms with Crippen LogP contribution < -0.4 is 0 Å². The molecular weight excluding hydrogens is 380 g/mol. The van der Waals surface area contributed by atoms with Crippen LogP contribution in [0.5, 0.6) is 0 Å². The highest BCUT2D eigenvalue weighted by Gasteiger charge is 2.29. The molecule has 0 radical (unpaired) electrons. The molecule has 0 saturated heterocycles. The van der Waals surface area contributed by atoms with Gasteiger partial charge in [0.25, 0.3) is 5.89 Å². The van der Waals surface area contributed by atoms with Crippen molar-refractivity contribution in [2.75, 3.05) is 7.05 Å². The summed E-state index contributed by atoms with van der Waals surface area (Å²) < 4.78 is 5.49. The summed E-state index contributed by atoms with van der Waals surface area (Å²) in [5.41, 5.74) is 4.05. The topological polar surface area (TPSA) is 91.8 Å². The van der Waals surface area contributed by atoms with E-state index >= 15 is 0 Å². The second-order valence-corrected chi connectivity index (χ2v) is 7.47. The third-order valence-electron chi connectivity index (χ3n) is 5.29. The number of carboxylic acids is 1. The standard InChI is InChI=1S/C23H24N4O3/c1-27-20(17-8-3-2-4-9-17)15-19(25-27)23-24-22(26-30-23)18-13-11-16(12-14-18)7-5-6-10-21(28)29/h2-4,8-9,11-14,20H,5-7,10,15H2,1H3,(H,28,29). The Morgan fingerprint density at radius 1 is 1.13 bits per heavy atom. The molecule has 2 aromatic carbocycles. The Kier molecular flexibility index (Phi) is 5.88. The molecule has 30 heavy (non-hydrogen) atoms. The van der Waals surface area contributed by atoms with Crippen molar-refractivity contribution >= 4 is 11.7 Å². The van der Waals surface area contributed by atoms with E-state index in [1.807, 2.05) is 54.5 Å². The molecule has 0 aliphatic carbocycles. The molecule has 0 fully saturated rings. The largest absolute Gasteiger partial charge is 0.481 e. The van der Waals surface area contributed by atoms with Crippen LogP contribution in [0.4, 0.5) is 0 Å². The molecular formula is C23H24N4O3. The monoisotopic (exact) mass is 404 g/mol. The molecule has 0 saturated carbocycles. The number of rotatable bonds is 8. The van der Waals surface area contributed by atoms with E-state index in [9.17, 15) is 4.79 Å². The highest BCUT2D eigenvalue weighted by Crippen LogP contribution is 2.31. The Morgan fingerprint density at radius 3 is 2.63 bits per heavy atom. The average Bonchev–Trinajstić information content (AvgIpc) is 3.39. The third-order valence-corrected chi connectivity index (χ3v) is 5.29. The van der Waals surface area contributed by atoms with Gasteiger partial charge in [-0.05, 0) is 30.4 Å². The van der Waals surface area contributed by atoms with Crippen LogP contribution in [0, 0.1) is 0 Å². The highest BCUT2D eigenvalue weighted by atomic mass is 16.5. The van der Waals surface area contributed by atoms with Gasteiger partial charge in [-0.15, -0.1) is 0 Å². The van der Waals surface area contributed by atoms with E-state index in [1.54, 1.807) is 0 Å². The maximum atomic E-state index is 10.6. The molecule has 4 rings (SSSR count). The number of hydrazone groups is 1. The smallest absolute Gasteiger partial charge is 0.303 e. The number of aryl methyl sites for hydroxylation is 1. The zero-order chi connectivity index (χ0) is 20.9. The zero-order valence-corrected chi connectivity index (χ0v) is 16.9. The first-order chi connectivity index (χ1) is 14.6. The molecule has 7 nitrogen and oxygen atoms in total. The van der Waals surface area contributed by atoms with Gasteiger partial charge in [0, 0.05) is 25.5 Å². The predicted molar refractivity (Wildman–Crippen MR) is 113 cm³/mol. The van der Waals surface area contributed by atoms with Crippen molar-refractivity contribution in [1.29, 1.82) is 0 Å². The lowest BCUT2D eigenvalue weighted by atomic mass is 10.0. The molecule has 3 aromatic rings. The fourth-order valence-corrected chi connectivity index (χ4v) is 3.64. The van der Waals surface area contributed by atoms with Crippen LogP contribution in [0.3, 0.4) is 0 Å². The van der Waals surface area contributed by atoms with Gasteiger partial charge in [0.2, 0.25) is 5.82 Å². The second kappa shape index (κ2) is 8.90. The normalized spacial score (nSPS) is 16.0. The van der Waals surface area contributed by atoms with Crippen LogP contribution in [0.15, 0.2) is 64.2 Å². The maximum Gasteiger partial charge on any atom is 0.303 e. The van der Waals surface area contributed by atoms with Crippen molar-refractivity contribution in [3.05, 3.63) is 71.6 Å². The summed E-state index contributed by atoms with van der Waals surface area (Å²) in [4.78, 5) is 15.1. The van der Waals surface area contributed by atoms with E-state index in [1.165, 1.54) is 11.1 Å². The molecule has 154 valence electrons. The van der Waals surface area contributed by atoms with E-state index in [2.05, 4.69) is 27.4 Å². The first kappa shape index (κ1) is 19.8. The summed E-state index contributed by atoms with van der Waals surface area (Å²) in [7, 11) is 1.96. The first-order valence-electron chi connectivity index (χ1n) is 10.1. The second-order valence-electron chi connectivity index (χ2n) is 7.47. The van der Waals surface area contributed by atoms with E-state index < -0.39 is 5.97 Å². The molecule has 1 N–H and O–H groups in total. The summed E-state index contributed by atoms with van der Waals surface area (Å²) in [6, 6.07) is 18.4. The van der Waals surface area contributed by atoms with Gasteiger partial charge in [0.05, 0.1) is 6.04 Å². The molecule has 1 unspecified atom stereocenters. The summed E-state index contributed by atoms with van der Waals surface area (Å²) in [6.07, 6.45) is 3.33. The Labute approximate surface area is 175 Å². The van der Waals surface area contributed by atoms with Crippen molar-refractivity contribution in [2.24, 2.45) is 5.10 Å². The van der Waals surface area contributed by atoms with Gasteiger partial charge in [-0.1, -0.05) is 59.8 Å². The third kappa shape index (κ3) is 4.56. The Morgan fingerprint density at radius 2 is 1.90 bits per heavy atom. The van der Waals surface area contributed by atoms with Crippen molar-refractivity contribution in [1.82, 2.24) is 15.1 Å². The van der Waals surface area contributed by atoms with Crippen molar-refractivity contribution in [3.63, 3.8) is 0 Å². The molecule has 7 heteroatoms. The summed E-state index contributed by atoms with van der Waals surface area (Å²) in [6.45, 7) is 0. The van der Waals surface area contributed by atoms with Gasteiger partial charge in [-0.25, -0.2) is 0 Å². The lowest BCUT2D eigenvalue weighted by molar-refractivity contribution is -0.137. The Hall–Kier alpha value is -3.48. The molecule has 1 aliphatic rings. The lowest BCUT2D eigenvalue weighted by Gasteiger charge is -2.18. The number of hydrogen-bond donors (Lipinski definition) is 1. The zero-order valence-electron chi connectivity index (χ0n) is 16.9. The van der Waals surface area contributed by atoms with Crippen molar-refractivity contribution < 1.29 is 14.4 Å². The van der Waals surface area contributed by atoms with Crippen LogP contribution >= 0.6 is 0 Å². The van der Waals surface area contributed by atoms with Crippen LogP contribution in [0.2, 0.25) is 0 Å². The lowest BCUT2D eigenvalue weighted by Crippen LogP contribution is -2.13. The van der Waals surface area contributed by atoms with E-state index in [0.29, 0.717) is 18.1 Å². The van der Waals surface area contributed by atoms with Gasteiger partial charge < -0.3 is 9.63 Å². The summed E-state index contributed by atoms with van der Waals surface area (Å²) in [5, 5.41) is 19.4. The number of carboxylic acid groups (broad SMARTS) is 1. The van der Waals surface area contributed by atoms with Gasteiger partial charge >= 0.3 is 5.97 Å². The van der Waals surface area contributed by atoms with Crippen LogP contribution in [-0.4, -0.2) is 39.0 Å². The number of aliphatic carboxylic acids is 1. The highest BCUT2D eigenvalue weighted by molar-refractivity contribution is 5.98. The molecule has 0 bridgehead atoms. The molecule has 1 aliphatic heterocycles. The minimum absolute atomic E-state index is 0.164. The van der Waals surface area contributed by atoms with Gasteiger partial charge in [-0.2, -0.15) is 10.1 Å². The molecule has 0 spiro atoms. The SMILES string of the molecule is CN1N=C(c2nc(-c3ccc(CCCCC(=O)O)cc3)no2)CC1c1ccccc1. The fourth-order valence-electron chi connectivity index (χ4n) is 3.64. The van der Waals surface area contributed by atoms with Crippen LogP contribution in [-0.2, 0) is 11.2 Å². The molecule has 1 aromatic heterocycles. The summed E-state index contributed by atoms with van der Waals surface area (Å²) >= 11 is 0. The minimum atomic E-state index is -0.744.